The summed E-state index contributed by atoms with van der Waals surface area (Å²) in [5.41, 5.74) is 7.11. The van der Waals surface area contributed by atoms with Gasteiger partial charge < -0.3 is 4.98 Å². The van der Waals surface area contributed by atoms with Crippen molar-refractivity contribution in [3.8, 4) is 0 Å². The minimum atomic E-state index is 0.107. The van der Waals surface area contributed by atoms with E-state index in [0.29, 0.717) is 12.4 Å². The monoisotopic (exact) mass is 276 g/mol. The number of H-pyrrole nitrogens is 1. The van der Waals surface area contributed by atoms with Gasteiger partial charge >= 0.3 is 0 Å². The first-order chi connectivity index (χ1) is 10.3. The van der Waals surface area contributed by atoms with Crippen LogP contribution < -0.4 is 5.43 Å². The second-order valence-corrected chi connectivity index (χ2v) is 4.92. The number of hydrazone groups is 1. The number of imidazole rings is 1. The van der Waals surface area contributed by atoms with Crippen molar-refractivity contribution in [2.45, 2.75) is 6.42 Å². The maximum absolute atomic E-state index is 11.9. The van der Waals surface area contributed by atoms with Crippen molar-refractivity contribution in [2.24, 2.45) is 5.10 Å². The van der Waals surface area contributed by atoms with E-state index in [9.17, 15) is 4.79 Å². The highest BCUT2D eigenvalue weighted by atomic mass is 16.1. The van der Waals surface area contributed by atoms with Crippen molar-refractivity contribution in [3.63, 3.8) is 0 Å². The molecule has 1 heterocycles. The van der Waals surface area contributed by atoms with Gasteiger partial charge in [0.2, 0.25) is 5.95 Å². The van der Waals surface area contributed by atoms with Gasteiger partial charge in [-0.05, 0) is 12.1 Å². The predicted molar refractivity (Wildman–Crippen MR) is 81.6 cm³/mol. The van der Waals surface area contributed by atoms with Crippen LogP contribution in [-0.4, -0.2) is 21.5 Å². The van der Waals surface area contributed by atoms with Crippen LogP contribution in [0, 0.1) is 0 Å². The molecule has 0 radical (unpaired) electrons. The highest BCUT2D eigenvalue weighted by molar-refractivity contribution is 6.26. The van der Waals surface area contributed by atoms with E-state index in [4.69, 9.17) is 0 Å². The van der Waals surface area contributed by atoms with Crippen molar-refractivity contribution in [2.75, 3.05) is 5.43 Å². The number of anilines is 1. The molecule has 21 heavy (non-hydrogen) atoms. The summed E-state index contributed by atoms with van der Waals surface area (Å²) in [6.07, 6.45) is 0.326. The molecule has 0 aliphatic heterocycles. The Morgan fingerprint density at radius 1 is 1.05 bits per heavy atom. The van der Waals surface area contributed by atoms with Gasteiger partial charge in [-0.3, -0.25) is 4.79 Å². The molecule has 2 aromatic carbocycles. The van der Waals surface area contributed by atoms with E-state index < -0.39 is 0 Å². The van der Waals surface area contributed by atoms with Gasteiger partial charge in [0, 0.05) is 11.1 Å². The van der Waals surface area contributed by atoms with Crippen LogP contribution in [0.1, 0.15) is 22.3 Å². The molecule has 0 saturated heterocycles. The predicted octanol–water partition coefficient (Wildman–Crippen LogP) is 2.97. The van der Waals surface area contributed by atoms with Gasteiger partial charge in [-0.25, -0.2) is 10.4 Å². The molecule has 1 aliphatic rings. The van der Waals surface area contributed by atoms with E-state index >= 15 is 0 Å². The highest BCUT2D eigenvalue weighted by Gasteiger charge is 2.24. The molecule has 3 aromatic rings. The number of Topliss-reactive ketones (excluding diaryl/α,β-unsaturated/α-hetero) is 1. The molecular weight excluding hydrogens is 264 g/mol. The zero-order chi connectivity index (χ0) is 14.2. The average Bonchev–Trinajstić information content (AvgIpc) is 3.07. The number of hydrogen-bond acceptors (Lipinski definition) is 4. The van der Waals surface area contributed by atoms with Crippen LogP contribution in [0.2, 0.25) is 0 Å². The lowest BCUT2D eigenvalue weighted by atomic mass is 10.1. The summed E-state index contributed by atoms with van der Waals surface area (Å²) in [6.45, 7) is 0. The fourth-order valence-corrected chi connectivity index (χ4v) is 2.55. The van der Waals surface area contributed by atoms with Crippen LogP contribution in [0.5, 0.6) is 0 Å². The number of carbonyl (C=O) groups excluding carboxylic acids is 1. The first-order valence-corrected chi connectivity index (χ1v) is 6.71. The SMILES string of the molecule is O=C1C/C(=N\Nc2nc3ccccc3[nH]2)c2ccccc21. The molecule has 0 spiro atoms. The number of nitrogens with one attached hydrogen (secondary N) is 2. The van der Waals surface area contributed by atoms with Gasteiger partial charge in [-0.2, -0.15) is 5.10 Å². The van der Waals surface area contributed by atoms with Gasteiger partial charge in [0.15, 0.2) is 5.78 Å². The molecule has 0 fully saturated rings. The molecule has 0 unspecified atom stereocenters. The molecule has 1 aromatic heterocycles. The Labute approximate surface area is 120 Å². The standard InChI is InChI=1S/C16H12N4O/c21-15-9-14(10-5-1-2-6-11(10)15)19-20-16-17-12-7-3-4-8-13(12)18-16/h1-8H,9H2,(H2,17,18,20)/b19-14+. The quantitative estimate of drug-likeness (QED) is 0.707. The Kier molecular flexibility index (Phi) is 2.57. The van der Waals surface area contributed by atoms with Crippen molar-refractivity contribution >= 4 is 28.5 Å². The molecule has 2 N–H and O–H groups in total. The van der Waals surface area contributed by atoms with Crippen LogP contribution in [0.25, 0.3) is 11.0 Å². The molecule has 5 heteroatoms. The summed E-state index contributed by atoms with van der Waals surface area (Å²) in [5, 5.41) is 4.33. The number of aromatic amines is 1. The number of para-hydroxylation sites is 2. The summed E-state index contributed by atoms with van der Waals surface area (Å²) in [4.78, 5) is 19.4. The third-order valence-corrected chi connectivity index (χ3v) is 3.55. The number of ketones is 1. The Bertz CT molecular complexity index is 846. The van der Waals surface area contributed by atoms with Crippen LogP contribution in [0.4, 0.5) is 5.95 Å². The third-order valence-electron chi connectivity index (χ3n) is 3.55. The lowest BCUT2D eigenvalue weighted by Crippen LogP contribution is -2.01. The van der Waals surface area contributed by atoms with E-state index in [1.807, 2.05) is 48.5 Å². The summed E-state index contributed by atoms with van der Waals surface area (Å²) >= 11 is 0. The average molecular weight is 276 g/mol. The molecule has 5 nitrogen and oxygen atoms in total. The second-order valence-electron chi connectivity index (χ2n) is 4.92. The molecule has 102 valence electrons. The Morgan fingerprint density at radius 3 is 2.67 bits per heavy atom. The fraction of sp³-hybridized carbons (Fsp3) is 0.0625. The third kappa shape index (κ3) is 1.99. The number of fused-ring (bicyclic) bond motifs is 2. The first-order valence-electron chi connectivity index (χ1n) is 6.71. The van der Waals surface area contributed by atoms with Crippen LogP contribution in [0.15, 0.2) is 53.6 Å². The van der Waals surface area contributed by atoms with E-state index in [2.05, 4.69) is 20.5 Å². The van der Waals surface area contributed by atoms with E-state index in [0.717, 1.165) is 27.9 Å². The molecule has 0 amide bonds. The fourth-order valence-electron chi connectivity index (χ4n) is 2.55. The zero-order valence-corrected chi connectivity index (χ0v) is 11.1. The van der Waals surface area contributed by atoms with Crippen LogP contribution in [0.3, 0.4) is 0 Å². The summed E-state index contributed by atoms with van der Waals surface area (Å²) in [5.74, 6) is 0.677. The minimum Gasteiger partial charge on any atom is -0.323 e. The number of benzene rings is 2. The van der Waals surface area contributed by atoms with Crippen molar-refractivity contribution < 1.29 is 4.79 Å². The lowest BCUT2D eigenvalue weighted by Gasteiger charge is -1.99. The first kappa shape index (κ1) is 11.8. The van der Waals surface area contributed by atoms with Crippen molar-refractivity contribution in [3.05, 3.63) is 59.7 Å². The second kappa shape index (κ2) is 4.56. The molecular formula is C16H12N4O. The number of aromatic nitrogens is 2. The largest absolute Gasteiger partial charge is 0.323 e. The van der Waals surface area contributed by atoms with Gasteiger partial charge in [0.25, 0.3) is 0 Å². The minimum absolute atomic E-state index is 0.107. The lowest BCUT2D eigenvalue weighted by molar-refractivity contribution is 0.101. The van der Waals surface area contributed by atoms with Crippen molar-refractivity contribution in [1.82, 2.24) is 9.97 Å². The normalized spacial score (nSPS) is 15.6. The topological polar surface area (TPSA) is 70.1 Å². The summed E-state index contributed by atoms with van der Waals surface area (Å²) in [7, 11) is 0. The molecule has 4 rings (SSSR count). The number of hydrogen-bond donors (Lipinski definition) is 2. The Balaban J connectivity index is 1.66. The zero-order valence-electron chi connectivity index (χ0n) is 11.1. The number of carbonyl (C=O) groups is 1. The van der Waals surface area contributed by atoms with Crippen molar-refractivity contribution in [1.29, 1.82) is 0 Å². The van der Waals surface area contributed by atoms with E-state index in [1.165, 1.54) is 0 Å². The smallest absolute Gasteiger partial charge is 0.222 e. The van der Waals surface area contributed by atoms with Crippen LogP contribution >= 0.6 is 0 Å². The maximum Gasteiger partial charge on any atom is 0.222 e. The van der Waals surface area contributed by atoms with Crippen LogP contribution in [-0.2, 0) is 0 Å². The number of nitrogens with zero attached hydrogens (tertiary/aromatic N) is 2. The highest BCUT2D eigenvalue weighted by Crippen LogP contribution is 2.22. The molecule has 1 aliphatic carbocycles. The van der Waals surface area contributed by atoms with E-state index in [1.54, 1.807) is 0 Å². The van der Waals surface area contributed by atoms with Gasteiger partial charge in [0.1, 0.15) is 0 Å². The molecule has 0 bridgehead atoms. The van der Waals surface area contributed by atoms with Gasteiger partial charge in [-0.15, -0.1) is 0 Å². The summed E-state index contributed by atoms with van der Waals surface area (Å²) in [6, 6.07) is 15.3. The Morgan fingerprint density at radius 2 is 1.81 bits per heavy atom. The molecule has 0 saturated carbocycles. The number of rotatable bonds is 2. The van der Waals surface area contributed by atoms with Gasteiger partial charge in [-0.1, -0.05) is 36.4 Å². The molecule has 0 atom stereocenters. The summed E-state index contributed by atoms with van der Waals surface area (Å²) < 4.78 is 0. The van der Waals surface area contributed by atoms with Gasteiger partial charge in [0.05, 0.1) is 23.2 Å². The van der Waals surface area contributed by atoms with E-state index in [-0.39, 0.29) is 5.78 Å². The Hall–Kier alpha value is -2.95. The maximum atomic E-state index is 11.9.